The molecule has 0 bridgehead atoms. The van der Waals surface area contributed by atoms with E-state index in [1.807, 2.05) is 18.2 Å². The molecule has 4 heteroatoms. The second kappa shape index (κ2) is 7.30. The molecule has 3 nitrogen and oxygen atoms in total. The van der Waals surface area contributed by atoms with E-state index in [1.54, 1.807) is 7.11 Å². The molecule has 1 aromatic carbocycles. The summed E-state index contributed by atoms with van der Waals surface area (Å²) >= 11 is 3.49. The molecule has 0 amide bonds. The van der Waals surface area contributed by atoms with Crippen LogP contribution in [-0.4, -0.2) is 18.2 Å². The number of aliphatic carboxylic acids is 1. The second-order valence-corrected chi connectivity index (χ2v) is 6.87. The molecule has 21 heavy (non-hydrogen) atoms. The molecule has 1 saturated carbocycles. The van der Waals surface area contributed by atoms with E-state index < -0.39 is 5.97 Å². The first-order chi connectivity index (χ1) is 10.0. The number of hydrogen-bond donors (Lipinski definition) is 1. The second-order valence-electron chi connectivity index (χ2n) is 5.95. The van der Waals surface area contributed by atoms with Crippen molar-refractivity contribution in [3.8, 4) is 5.75 Å². The van der Waals surface area contributed by atoms with Gasteiger partial charge in [-0.15, -0.1) is 0 Å². The third-order valence-electron chi connectivity index (χ3n) is 4.71. The van der Waals surface area contributed by atoms with Crippen LogP contribution in [0.1, 0.15) is 38.2 Å². The van der Waals surface area contributed by atoms with Gasteiger partial charge in [-0.3, -0.25) is 4.79 Å². The van der Waals surface area contributed by atoms with Gasteiger partial charge in [-0.2, -0.15) is 0 Å². The lowest BCUT2D eigenvalue weighted by molar-refractivity contribution is -0.145. The Morgan fingerprint density at radius 1 is 1.43 bits per heavy atom. The van der Waals surface area contributed by atoms with Crippen molar-refractivity contribution >= 4 is 21.9 Å². The van der Waals surface area contributed by atoms with Crippen LogP contribution < -0.4 is 4.74 Å². The summed E-state index contributed by atoms with van der Waals surface area (Å²) in [5.74, 6) is 0.828. The van der Waals surface area contributed by atoms with Crippen molar-refractivity contribution < 1.29 is 14.6 Å². The average molecular weight is 355 g/mol. The molecule has 3 unspecified atom stereocenters. The van der Waals surface area contributed by atoms with Gasteiger partial charge in [0.1, 0.15) is 5.75 Å². The zero-order valence-electron chi connectivity index (χ0n) is 12.6. The molecule has 0 aromatic heterocycles. The zero-order valence-corrected chi connectivity index (χ0v) is 14.2. The molecule has 1 aromatic rings. The van der Waals surface area contributed by atoms with E-state index in [0.717, 1.165) is 47.9 Å². The average Bonchev–Trinajstić information content (AvgIpc) is 2.47. The SMILES string of the molecule is CCC1CCC(C(=O)O)C(Cc2cc(Br)ccc2OC)C1. The molecule has 1 aliphatic carbocycles. The number of halogens is 1. The number of methoxy groups -OCH3 is 1. The largest absolute Gasteiger partial charge is 0.496 e. The quantitative estimate of drug-likeness (QED) is 0.844. The Bertz CT molecular complexity index is 501. The Kier molecular flexibility index (Phi) is 5.68. The summed E-state index contributed by atoms with van der Waals surface area (Å²) in [4.78, 5) is 11.5. The van der Waals surface area contributed by atoms with Gasteiger partial charge in [0.15, 0.2) is 0 Å². The molecule has 0 aliphatic heterocycles. The highest BCUT2D eigenvalue weighted by atomic mass is 79.9. The van der Waals surface area contributed by atoms with E-state index in [9.17, 15) is 9.90 Å². The lowest BCUT2D eigenvalue weighted by Crippen LogP contribution is -2.32. The predicted octanol–water partition coefficient (Wildman–Crippen LogP) is 4.53. The van der Waals surface area contributed by atoms with Crippen molar-refractivity contribution in [3.63, 3.8) is 0 Å². The first-order valence-corrected chi connectivity index (χ1v) is 8.39. The van der Waals surface area contributed by atoms with Crippen LogP contribution in [0.2, 0.25) is 0 Å². The minimum absolute atomic E-state index is 0.199. The van der Waals surface area contributed by atoms with E-state index in [2.05, 4.69) is 22.9 Å². The Hall–Kier alpha value is -1.03. The van der Waals surface area contributed by atoms with Crippen molar-refractivity contribution in [1.82, 2.24) is 0 Å². The summed E-state index contributed by atoms with van der Waals surface area (Å²) in [5, 5.41) is 9.49. The van der Waals surface area contributed by atoms with Crippen LogP contribution in [0.25, 0.3) is 0 Å². The van der Waals surface area contributed by atoms with Gasteiger partial charge in [-0.25, -0.2) is 0 Å². The van der Waals surface area contributed by atoms with Crippen LogP contribution in [0.3, 0.4) is 0 Å². The van der Waals surface area contributed by atoms with E-state index in [4.69, 9.17) is 4.74 Å². The smallest absolute Gasteiger partial charge is 0.306 e. The summed E-state index contributed by atoms with van der Waals surface area (Å²) in [6.07, 6.45) is 4.76. The van der Waals surface area contributed by atoms with Gasteiger partial charge in [0.05, 0.1) is 13.0 Å². The van der Waals surface area contributed by atoms with Crippen molar-refractivity contribution in [2.75, 3.05) is 7.11 Å². The lowest BCUT2D eigenvalue weighted by atomic mass is 9.71. The molecule has 0 spiro atoms. The van der Waals surface area contributed by atoms with Crippen molar-refractivity contribution in [2.24, 2.45) is 17.8 Å². The molecule has 3 atom stereocenters. The van der Waals surface area contributed by atoms with Crippen LogP contribution in [0.15, 0.2) is 22.7 Å². The molecule has 2 rings (SSSR count). The summed E-state index contributed by atoms with van der Waals surface area (Å²) < 4.78 is 6.43. The number of carboxylic acid groups (broad SMARTS) is 1. The Morgan fingerprint density at radius 3 is 2.81 bits per heavy atom. The van der Waals surface area contributed by atoms with Crippen LogP contribution >= 0.6 is 15.9 Å². The molecule has 0 radical (unpaired) electrons. The first kappa shape index (κ1) is 16.3. The molecule has 1 N–H and O–H groups in total. The predicted molar refractivity (Wildman–Crippen MR) is 86.6 cm³/mol. The molecule has 0 heterocycles. The fourth-order valence-corrected chi connectivity index (χ4v) is 3.88. The summed E-state index contributed by atoms with van der Waals surface area (Å²) in [5.41, 5.74) is 1.10. The maximum atomic E-state index is 11.5. The normalized spacial score (nSPS) is 25.6. The summed E-state index contributed by atoms with van der Waals surface area (Å²) in [7, 11) is 1.66. The van der Waals surface area contributed by atoms with Crippen LogP contribution in [0.5, 0.6) is 5.75 Å². The van der Waals surface area contributed by atoms with Gasteiger partial charge < -0.3 is 9.84 Å². The monoisotopic (exact) mass is 354 g/mol. The highest BCUT2D eigenvalue weighted by Gasteiger charge is 2.34. The van der Waals surface area contributed by atoms with Crippen molar-refractivity contribution in [1.29, 1.82) is 0 Å². The van der Waals surface area contributed by atoms with Crippen molar-refractivity contribution in [2.45, 2.75) is 39.0 Å². The van der Waals surface area contributed by atoms with E-state index in [0.29, 0.717) is 5.92 Å². The van der Waals surface area contributed by atoms with E-state index in [1.165, 1.54) is 0 Å². The number of hydrogen-bond acceptors (Lipinski definition) is 2. The Labute approximate surface area is 134 Å². The number of carbonyl (C=O) groups is 1. The summed E-state index contributed by atoms with van der Waals surface area (Å²) in [6.45, 7) is 2.20. The highest BCUT2D eigenvalue weighted by Crippen LogP contribution is 2.39. The molecule has 116 valence electrons. The lowest BCUT2D eigenvalue weighted by Gasteiger charge is -2.34. The highest BCUT2D eigenvalue weighted by molar-refractivity contribution is 9.10. The van der Waals surface area contributed by atoms with Gasteiger partial charge >= 0.3 is 5.97 Å². The first-order valence-electron chi connectivity index (χ1n) is 7.60. The number of benzene rings is 1. The minimum atomic E-state index is -0.650. The van der Waals surface area contributed by atoms with E-state index >= 15 is 0 Å². The van der Waals surface area contributed by atoms with Crippen molar-refractivity contribution in [3.05, 3.63) is 28.2 Å². The fourth-order valence-electron chi connectivity index (χ4n) is 3.47. The molecular formula is C17H23BrO3. The maximum Gasteiger partial charge on any atom is 0.306 e. The fraction of sp³-hybridized carbons (Fsp3) is 0.588. The molecule has 1 aliphatic rings. The molecule has 0 saturated heterocycles. The zero-order chi connectivity index (χ0) is 15.4. The van der Waals surface area contributed by atoms with Gasteiger partial charge in [-0.05, 0) is 61.3 Å². The topological polar surface area (TPSA) is 46.5 Å². The van der Waals surface area contributed by atoms with Crippen LogP contribution in [-0.2, 0) is 11.2 Å². The third kappa shape index (κ3) is 4.00. The third-order valence-corrected chi connectivity index (χ3v) is 5.20. The van der Waals surface area contributed by atoms with Gasteiger partial charge in [0.25, 0.3) is 0 Å². The van der Waals surface area contributed by atoms with Gasteiger partial charge in [0.2, 0.25) is 0 Å². The summed E-state index contributed by atoms with van der Waals surface area (Å²) in [6, 6.07) is 5.94. The minimum Gasteiger partial charge on any atom is -0.496 e. The number of ether oxygens (including phenoxy) is 1. The number of rotatable bonds is 5. The number of carboxylic acids is 1. The molecule has 1 fully saturated rings. The maximum absolute atomic E-state index is 11.5. The Balaban J connectivity index is 2.21. The van der Waals surface area contributed by atoms with Gasteiger partial charge in [-0.1, -0.05) is 29.3 Å². The Morgan fingerprint density at radius 2 is 2.19 bits per heavy atom. The van der Waals surface area contributed by atoms with Crippen LogP contribution in [0.4, 0.5) is 0 Å². The van der Waals surface area contributed by atoms with E-state index in [-0.39, 0.29) is 11.8 Å². The standard InChI is InChI=1S/C17H23BrO3/c1-3-11-4-6-15(17(19)20)12(8-11)9-13-10-14(18)5-7-16(13)21-2/h5,7,10-12,15H,3-4,6,8-9H2,1-2H3,(H,19,20). The molecular weight excluding hydrogens is 332 g/mol. The van der Waals surface area contributed by atoms with Crippen LogP contribution in [0, 0.1) is 17.8 Å². The van der Waals surface area contributed by atoms with Gasteiger partial charge in [0, 0.05) is 4.47 Å².